The van der Waals surface area contributed by atoms with E-state index < -0.39 is 6.09 Å². The molecule has 6 heteroatoms. The number of benzene rings is 1. The van der Waals surface area contributed by atoms with Gasteiger partial charge in [-0.05, 0) is 24.3 Å². The van der Waals surface area contributed by atoms with Crippen LogP contribution in [0.5, 0.6) is 5.75 Å². The Bertz CT molecular complexity index is 740. The van der Waals surface area contributed by atoms with E-state index in [1.165, 1.54) is 0 Å². The van der Waals surface area contributed by atoms with Crippen LogP contribution in [-0.2, 0) is 6.42 Å². The minimum Gasteiger partial charge on any atom is -0.410 e. The molecule has 2 heterocycles. The molecule has 1 N–H and O–H groups in total. The Kier molecular flexibility index (Phi) is 3.77. The van der Waals surface area contributed by atoms with Crippen LogP contribution < -0.4 is 10.1 Å². The summed E-state index contributed by atoms with van der Waals surface area (Å²) in [5, 5.41) is 10.8. The lowest BCUT2D eigenvalue weighted by Gasteiger charge is -2.05. The molecule has 3 aromatic rings. The first kappa shape index (κ1) is 13.1. The van der Waals surface area contributed by atoms with Gasteiger partial charge in [0.25, 0.3) is 0 Å². The average molecular weight is 282 g/mol. The molecular formula is C15H14N4O2. The smallest absolute Gasteiger partial charge is 0.410 e. The minimum atomic E-state index is -0.477. The highest BCUT2D eigenvalue weighted by Gasteiger charge is 2.06. The molecule has 0 saturated heterocycles. The highest BCUT2D eigenvalue weighted by Crippen LogP contribution is 2.08. The van der Waals surface area contributed by atoms with E-state index in [1.807, 2.05) is 47.0 Å². The molecule has 106 valence electrons. The van der Waals surface area contributed by atoms with E-state index in [-0.39, 0.29) is 0 Å². The third kappa shape index (κ3) is 3.17. The van der Waals surface area contributed by atoms with Crippen molar-refractivity contribution in [3.63, 3.8) is 0 Å². The molecule has 0 aliphatic rings. The van der Waals surface area contributed by atoms with Gasteiger partial charge in [-0.15, -0.1) is 10.2 Å². The van der Waals surface area contributed by atoms with Gasteiger partial charge in [0.15, 0.2) is 5.65 Å². The molecule has 0 radical (unpaired) electrons. The molecule has 0 fully saturated rings. The van der Waals surface area contributed by atoms with Crippen LogP contribution in [0.15, 0.2) is 54.7 Å². The van der Waals surface area contributed by atoms with Gasteiger partial charge in [-0.2, -0.15) is 0 Å². The number of carbonyl (C=O) groups excluding carboxylic acids is 1. The van der Waals surface area contributed by atoms with Gasteiger partial charge in [-0.1, -0.05) is 24.3 Å². The average Bonchev–Trinajstić information content (AvgIpc) is 2.92. The summed E-state index contributed by atoms with van der Waals surface area (Å²) < 4.78 is 7.02. The van der Waals surface area contributed by atoms with E-state index in [2.05, 4.69) is 15.5 Å². The molecule has 0 aliphatic carbocycles. The second-order valence-electron chi connectivity index (χ2n) is 4.42. The van der Waals surface area contributed by atoms with Crippen molar-refractivity contribution >= 4 is 11.7 Å². The highest BCUT2D eigenvalue weighted by atomic mass is 16.5. The largest absolute Gasteiger partial charge is 0.412 e. The molecule has 2 aromatic heterocycles. The lowest BCUT2D eigenvalue weighted by molar-refractivity contribution is 0.200. The second-order valence-corrected chi connectivity index (χ2v) is 4.42. The summed E-state index contributed by atoms with van der Waals surface area (Å²) in [5.74, 6) is 1.31. The van der Waals surface area contributed by atoms with Crippen LogP contribution in [0.3, 0.4) is 0 Å². The van der Waals surface area contributed by atoms with Crippen LogP contribution in [0.4, 0.5) is 4.79 Å². The molecule has 6 nitrogen and oxygen atoms in total. The van der Waals surface area contributed by atoms with Gasteiger partial charge in [0.2, 0.25) is 0 Å². The first-order chi connectivity index (χ1) is 10.3. The number of hydrogen-bond acceptors (Lipinski definition) is 4. The monoisotopic (exact) mass is 282 g/mol. The summed E-state index contributed by atoms with van der Waals surface area (Å²) in [6.07, 6.45) is 2.00. The van der Waals surface area contributed by atoms with Crippen LogP contribution in [0.2, 0.25) is 0 Å². The summed E-state index contributed by atoms with van der Waals surface area (Å²) >= 11 is 0. The van der Waals surface area contributed by atoms with Gasteiger partial charge in [-0.3, -0.25) is 4.40 Å². The van der Waals surface area contributed by atoms with Gasteiger partial charge in [-0.25, -0.2) is 4.79 Å². The van der Waals surface area contributed by atoms with Crippen LogP contribution >= 0.6 is 0 Å². The normalized spacial score (nSPS) is 10.5. The highest BCUT2D eigenvalue weighted by molar-refractivity contribution is 5.70. The zero-order chi connectivity index (χ0) is 14.5. The van der Waals surface area contributed by atoms with Crippen molar-refractivity contribution < 1.29 is 9.53 Å². The Morgan fingerprint density at radius 2 is 1.90 bits per heavy atom. The Morgan fingerprint density at radius 1 is 1.10 bits per heavy atom. The maximum absolute atomic E-state index is 11.6. The van der Waals surface area contributed by atoms with E-state index in [0.717, 1.165) is 11.5 Å². The first-order valence-corrected chi connectivity index (χ1v) is 6.62. The number of nitrogens with one attached hydrogen (secondary N) is 1. The fraction of sp³-hybridized carbons (Fsp3) is 0.133. The Labute approximate surface area is 121 Å². The topological polar surface area (TPSA) is 68.5 Å². The fourth-order valence-electron chi connectivity index (χ4n) is 1.97. The van der Waals surface area contributed by atoms with Crippen LogP contribution in [-0.4, -0.2) is 27.2 Å². The zero-order valence-electron chi connectivity index (χ0n) is 11.3. The van der Waals surface area contributed by atoms with E-state index in [4.69, 9.17) is 4.74 Å². The number of fused-ring (bicyclic) bond motifs is 1. The van der Waals surface area contributed by atoms with Gasteiger partial charge < -0.3 is 10.1 Å². The summed E-state index contributed by atoms with van der Waals surface area (Å²) in [7, 11) is 0. The SMILES string of the molecule is O=C(NCCc1nnc2ccccn12)Oc1ccccc1. The van der Waals surface area contributed by atoms with Gasteiger partial charge in [0, 0.05) is 19.2 Å². The summed E-state index contributed by atoms with van der Waals surface area (Å²) in [6.45, 7) is 0.432. The van der Waals surface area contributed by atoms with Gasteiger partial charge >= 0.3 is 6.09 Å². The van der Waals surface area contributed by atoms with E-state index in [9.17, 15) is 4.79 Å². The van der Waals surface area contributed by atoms with Crippen molar-refractivity contribution in [2.24, 2.45) is 0 Å². The number of aromatic nitrogens is 3. The molecule has 0 unspecified atom stereocenters. The fourth-order valence-corrected chi connectivity index (χ4v) is 1.97. The standard InChI is InChI=1S/C15H14N4O2/c20-15(21-12-6-2-1-3-7-12)16-10-9-14-18-17-13-8-4-5-11-19(13)14/h1-8,11H,9-10H2,(H,16,20). The Balaban J connectivity index is 1.53. The number of carbonyl (C=O) groups is 1. The lowest BCUT2D eigenvalue weighted by atomic mass is 10.3. The number of para-hydroxylation sites is 1. The maximum atomic E-state index is 11.6. The Morgan fingerprint density at radius 3 is 2.76 bits per heavy atom. The minimum absolute atomic E-state index is 0.432. The summed E-state index contributed by atoms with van der Waals surface area (Å²) in [5.41, 5.74) is 0.791. The number of ether oxygens (including phenoxy) is 1. The van der Waals surface area contributed by atoms with E-state index >= 15 is 0 Å². The van der Waals surface area contributed by atoms with E-state index in [0.29, 0.717) is 18.7 Å². The number of rotatable bonds is 4. The second kappa shape index (κ2) is 6.04. The molecule has 0 spiro atoms. The van der Waals surface area contributed by atoms with Crippen molar-refractivity contribution in [2.45, 2.75) is 6.42 Å². The third-order valence-corrected chi connectivity index (χ3v) is 2.96. The van der Waals surface area contributed by atoms with Crippen molar-refractivity contribution in [3.8, 4) is 5.75 Å². The maximum Gasteiger partial charge on any atom is 0.412 e. The quantitative estimate of drug-likeness (QED) is 0.795. The molecule has 0 bridgehead atoms. The van der Waals surface area contributed by atoms with Crippen LogP contribution in [0.25, 0.3) is 5.65 Å². The predicted octanol–water partition coefficient (Wildman–Crippen LogP) is 2.06. The lowest BCUT2D eigenvalue weighted by Crippen LogP contribution is -2.29. The van der Waals surface area contributed by atoms with Crippen molar-refractivity contribution in [2.75, 3.05) is 6.54 Å². The molecule has 0 atom stereocenters. The Hall–Kier alpha value is -2.89. The predicted molar refractivity (Wildman–Crippen MR) is 77.2 cm³/mol. The van der Waals surface area contributed by atoms with Crippen LogP contribution in [0, 0.1) is 0 Å². The van der Waals surface area contributed by atoms with Crippen LogP contribution in [0.1, 0.15) is 5.82 Å². The van der Waals surface area contributed by atoms with Gasteiger partial charge in [0.1, 0.15) is 11.6 Å². The van der Waals surface area contributed by atoms with Crippen molar-refractivity contribution in [3.05, 3.63) is 60.6 Å². The number of pyridine rings is 1. The molecule has 21 heavy (non-hydrogen) atoms. The zero-order valence-corrected chi connectivity index (χ0v) is 11.3. The molecule has 0 aliphatic heterocycles. The molecular weight excluding hydrogens is 268 g/mol. The summed E-state index contributed by atoms with van der Waals surface area (Å²) in [4.78, 5) is 11.6. The number of nitrogens with zero attached hydrogens (tertiary/aromatic N) is 3. The molecule has 1 aromatic carbocycles. The third-order valence-electron chi connectivity index (χ3n) is 2.96. The summed E-state index contributed by atoms with van der Waals surface area (Å²) in [6, 6.07) is 14.6. The van der Waals surface area contributed by atoms with Crippen molar-refractivity contribution in [1.29, 1.82) is 0 Å². The van der Waals surface area contributed by atoms with Crippen molar-refractivity contribution in [1.82, 2.24) is 19.9 Å². The molecule has 0 saturated carbocycles. The first-order valence-electron chi connectivity index (χ1n) is 6.62. The molecule has 3 rings (SSSR count). The van der Waals surface area contributed by atoms with Gasteiger partial charge in [0.05, 0.1) is 0 Å². The van der Waals surface area contributed by atoms with E-state index in [1.54, 1.807) is 12.1 Å². The number of amides is 1. The number of hydrogen-bond donors (Lipinski definition) is 1. The molecule has 1 amide bonds.